The molecule has 2 atom stereocenters. The summed E-state index contributed by atoms with van der Waals surface area (Å²) in [6.07, 6.45) is 48.9. The number of carbonyl (C=O) groups is 2. The van der Waals surface area contributed by atoms with Gasteiger partial charge in [-0.25, -0.2) is 0 Å². The van der Waals surface area contributed by atoms with Crippen molar-refractivity contribution in [3.63, 3.8) is 0 Å². The molecule has 0 saturated heterocycles. The SMILES string of the molecule is CCCCCCCCCCCCCCCCCC(=O)OCCCC/C=C\CCCCCCC(=O)NC(CO)C(O)CCCCCCCCCCCCCC. The fourth-order valence-electron chi connectivity index (χ4n) is 7.34. The summed E-state index contributed by atoms with van der Waals surface area (Å²) in [5.41, 5.74) is 0. The van der Waals surface area contributed by atoms with E-state index in [1.807, 2.05) is 0 Å². The lowest BCUT2D eigenvalue weighted by Gasteiger charge is -2.22. The summed E-state index contributed by atoms with van der Waals surface area (Å²) in [5, 5.41) is 23.1. The first-order valence-corrected chi connectivity index (χ1v) is 23.9. The molecular weight excluding hydrogens is 671 g/mol. The molecule has 6 nitrogen and oxygen atoms in total. The van der Waals surface area contributed by atoms with Crippen LogP contribution < -0.4 is 5.32 Å². The van der Waals surface area contributed by atoms with Gasteiger partial charge in [-0.1, -0.05) is 206 Å². The number of esters is 1. The standard InChI is InChI=1S/C48H93NO5/c1-3-5-7-9-11-13-15-17-18-19-21-26-30-34-38-42-48(53)54-43-39-35-31-27-23-22-25-29-33-37-41-47(52)49-45(44-50)46(51)40-36-32-28-24-20-16-14-12-10-8-6-4-2/h23,27,45-46,50-51H,3-22,24-26,28-44H2,1-2H3,(H,49,52)/b27-23-. The Morgan fingerprint density at radius 2 is 0.870 bits per heavy atom. The Kier molecular flexibility index (Phi) is 43.2. The summed E-state index contributed by atoms with van der Waals surface area (Å²) >= 11 is 0. The van der Waals surface area contributed by atoms with Crippen molar-refractivity contribution < 1.29 is 24.5 Å². The molecule has 1 amide bonds. The molecular formula is C48H93NO5. The fraction of sp³-hybridized carbons (Fsp3) is 0.917. The molecule has 0 rings (SSSR count). The zero-order valence-electron chi connectivity index (χ0n) is 36.2. The van der Waals surface area contributed by atoms with Crippen LogP contribution in [0.4, 0.5) is 0 Å². The first-order chi connectivity index (χ1) is 26.5. The van der Waals surface area contributed by atoms with Crippen LogP contribution >= 0.6 is 0 Å². The average Bonchev–Trinajstić information content (AvgIpc) is 3.17. The zero-order valence-corrected chi connectivity index (χ0v) is 36.2. The van der Waals surface area contributed by atoms with Gasteiger partial charge in [-0.2, -0.15) is 0 Å². The number of ether oxygens (including phenoxy) is 1. The first kappa shape index (κ1) is 52.6. The van der Waals surface area contributed by atoms with Gasteiger partial charge in [-0.3, -0.25) is 9.59 Å². The molecule has 54 heavy (non-hydrogen) atoms. The van der Waals surface area contributed by atoms with Crippen LogP contribution in [0.2, 0.25) is 0 Å². The first-order valence-electron chi connectivity index (χ1n) is 23.9. The molecule has 0 aromatic rings. The van der Waals surface area contributed by atoms with Gasteiger partial charge in [0.25, 0.3) is 0 Å². The van der Waals surface area contributed by atoms with E-state index in [-0.39, 0.29) is 18.5 Å². The molecule has 0 aromatic heterocycles. The fourth-order valence-corrected chi connectivity index (χ4v) is 7.34. The Balaban J connectivity index is 3.51. The van der Waals surface area contributed by atoms with Gasteiger partial charge in [-0.15, -0.1) is 0 Å². The average molecular weight is 764 g/mol. The van der Waals surface area contributed by atoms with E-state index in [4.69, 9.17) is 4.74 Å². The summed E-state index contributed by atoms with van der Waals surface area (Å²) in [5.74, 6) is -0.105. The molecule has 0 fully saturated rings. The molecule has 3 N–H and O–H groups in total. The number of carbonyl (C=O) groups excluding carboxylic acids is 2. The predicted octanol–water partition coefficient (Wildman–Crippen LogP) is 13.8. The summed E-state index contributed by atoms with van der Waals surface area (Å²) in [7, 11) is 0. The maximum Gasteiger partial charge on any atom is 0.305 e. The highest BCUT2D eigenvalue weighted by Crippen LogP contribution is 2.16. The second-order valence-corrected chi connectivity index (χ2v) is 16.4. The molecule has 320 valence electrons. The van der Waals surface area contributed by atoms with Gasteiger partial charge in [0, 0.05) is 12.8 Å². The quantitative estimate of drug-likeness (QED) is 0.0326. The van der Waals surface area contributed by atoms with Crippen molar-refractivity contribution >= 4 is 11.9 Å². The van der Waals surface area contributed by atoms with E-state index in [0.29, 0.717) is 25.9 Å². The summed E-state index contributed by atoms with van der Waals surface area (Å²) in [6, 6.07) is -0.564. The van der Waals surface area contributed by atoms with Crippen molar-refractivity contribution in [1.29, 1.82) is 0 Å². The maximum atomic E-state index is 12.4. The topological polar surface area (TPSA) is 95.9 Å². The van der Waals surface area contributed by atoms with Gasteiger partial charge in [0.15, 0.2) is 0 Å². The molecule has 0 spiro atoms. The molecule has 0 aliphatic heterocycles. The third-order valence-corrected chi connectivity index (χ3v) is 11.1. The highest BCUT2D eigenvalue weighted by molar-refractivity contribution is 5.76. The minimum Gasteiger partial charge on any atom is -0.466 e. The van der Waals surface area contributed by atoms with E-state index in [9.17, 15) is 19.8 Å². The lowest BCUT2D eigenvalue weighted by atomic mass is 10.0. The van der Waals surface area contributed by atoms with E-state index in [2.05, 4.69) is 31.3 Å². The molecule has 0 aromatic carbocycles. The summed E-state index contributed by atoms with van der Waals surface area (Å²) in [6.45, 7) is 4.86. The van der Waals surface area contributed by atoms with Gasteiger partial charge in [-0.05, 0) is 51.4 Å². The van der Waals surface area contributed by atoms with E-state index in [1.165, 1.54) is 148 Å². The largest absolute Gasteiger partial charge is 0.466 e. The van der Waals surface area contributed by atoms with Crippen LogP contribution in [-0.4, -0.2) is 47.4 Å². The monoisotopic (exact) mass is 764 g/mol. The van der Waals surface area contributed by atoms with Gasteiger partial charge in [0.2, 0.25) is 5.91 Å². The van der Waals surface area contributed by atoms with Crippen LogP contribution in [0, 0.1) is 0 Å². The number of hydrogen-bond acceptors (Lipinski definition) is 5. The van der Waals surface area contributed by atoms with E-state index < -0.39 is 12.1 Å². The third-order valence-electron chi connectivity index (χ3n) is 11.1. The van der Waals surface area contributed by atoms with Crippen molar-refractivity contribution in [3.05, 3.63) is 12.2 Å². The number of amides is 1. The minimum absolute atomic E-state index is 0.0338. The van der Waals surface area contributed by atoms with Crippen LogP contribution in [-0.2, 0) is 14.3 Å². The number of aliphatic hydroxyl groups is 2. The van der Waals surface area contributed by atoms with Crippen molar-refractivity contribution in [1.82, 2.24) is 5.32 Å². The van der Waals surface area contributed by atoms with Crippen LogP contribution in [0.1, 0.15) is 258 Å². The minimum atomic E-state index is -0.683. The Morgan fingerprint density at radius 3 is 1.31 bits per heavy atom. The smallest absolute Gasteiger partial charge is 0.305 e. The molecule has 0 saturated carbocycles. The lowest BCUT2D eigenvalue weighted by Crippen LogP contribution is -2.45. The number of allylic oxidation sites excluding steroid dienone is 2. The number of hydrogen-bond donors (Lipinski definition) is 3. The highest BCUT2D eigenvalue weighted by atomic mass is 16.5. The number of aliphatic hydroxyl groups excluding tert-OH is 2. The molecule has 0 bridgehead atoms. The van der Waals surface area contributed by atoms with Crippen LogP contribution in [0.3, 0.4) is 0 Å². The lowest BCUT2D eigenvalue weighted by molar-refractivity contribution is -0.143. The number of nitrogens with one attached hydrogen (secondary N) is 1. The van der Waals surface area contributed by atoms with Gasteiger partial charge >= 0.3 is 5.97 Å². The molecule has 0 radical (unpaired) electrons. The van der Waals surface area contributed by atoms with Crippen LogP contribution in [0.5, 0.6) is 0 Å². The van der Waals surface area contributed by atoms with Crippen molar-refractivity contribution in [2.45, 2.75) is 270 Å². The highest BCUT2D eigenvalue weighted by Gasteiger charge is 2.20. The number of rotatable bonds is 44. The molecule has 0 aliphatic carbocycles. The Hall–Kier alpha value is -1.40. The van der Waals surface area contributed by atoms with Crippen molar-refractivity contribution in [2.75, 3.05) is 13.2 Å². The molecule has 0 aliphatic rings. The second kappa shape index (κ2) is 44.3. The van der Waals surface area contributed by atoms with Crippen molar-refractivity contribution in [2.24, 2.45) is 0 Å². The maximum absolute atomic E-state index is 12.4. The second-order valence-electron chi connectivity index (χ2n) is 16.4. The Labute approximate surface area is 336 Å². The zero-order chi connectivity index (χ0) is 39.4. The van der Waals surface area contributed by atoms with Crippen LogP contribution in [0.15, 0.2) is 12.2 Å². The summed E-state index contributed by atoms with van der Waals surface area (Å²) in [4.78, 5) is 24.4. The predicted molar refractivity (Wildman–Crippen MR) is 232 cm³/mol. The Bertz CT molecular complexity index is 802. The normalized spacial score (nSPS) is 12.7. The van der Waals surface area contributed by atoms with Crippen molar-refractivity contribution in [3.8, 4) is 0 Å². The van der Waals surface area contributed by atoms with Gasteiger partial charge < -0.3 is 20.3 Å². The molecule has 0 heterocycles. The van der Waals surface area contributed by atoms with Gasteiger partial charge in [0.1, 0.15) is 0 Å². The molecule has 2 unspecified atom stereocenters. The van der Waals surface area contributed by atoms with Crippen LogP contribution in [0.25, 0.3) is 0 Å². The number of unbranched alkanes of at least 4 members (excludes halogenated alkanes) is 31. The van der Waals surface area contributed by atoms with E-state index in [1.54, 1.807) is 0 Å². The van der Waals surface area contributed by atoms with Gasteiger partial charge in [0.05, 0.1) is 25.4 Å². The third kappa shape index (κ3) is 40.3. The summed E-state index contributed by atoms with van der Waals surface area (Å²) < 4.78 is 5.43. The molecule has 6 heteroatoms. The van der Waals surface area contributed by atoms with E-state index in [0.717, 1.165) is 77.0 Å². The van der Waals surface area contributed by atoms with E-state index >= 15 is 0 Å². The Morgan fingerprint density at radius 1 is 0.500 bits per heavy atom.